The second kappa shape index (κ2) is 4.98. The molecule has 1 saturated heterocycles. The van der Waals surface area contributed by atoms with Crippen LogP contribution in [0, 0.1) is 5.41 Å². The molecule has 2 rings (SSSR count). The minimum atomic E-state index is -0.791. The normalized spacial score (nSPS) is 16.1. The SMILES string of the molecule is CC(C)(Cc1cccc(OC2COC2)c1)C(=O)O. The topological polar surface area (TPSA) is 55.8 Å². The van der Waals surface area contributed by atoms with Gasteiger partial charge in [-0.05, 0) is 38.0 Å². The summed E-state index contributed by atoms with van der Waals surface area (Å²) in [4.78, 5) is 11.1. The maximum Gasteiger partial charge on any atom is 0.309 e. The van der Waals surface area contributed by atoms with E-state index in [1.54, 1.807) is 13.8 Å². The van der Waals surface area contributed by atoms with Gasteiger partial charge < -0.3 is 14.6 Å². The molecular formula is C14H18O4. The standard InChI is InChI=1S/C14H18O4/c1-14(2,13(15)16)7-10-4-3-5-11(6-10)18-12-8-17-9-12/h3-6,12H,7-9H2,1-2H3,(H,15,16). The van der Waals surface area contributed by atoms with Gasteiger partial charge in [-0.25, -0.2) is 0 Å². The van der Waals surface area contributed by atoms with E-state index in [4.69, 9.17) is 14.6 Å². The molecule has 0 amide bonds. The molecule has 98 valence electrons. The predicted molar refractivity (Wildman–Crippen MR) is 66.8 cm³/mol. The van der Waals surface area contributed by atoms with Gasteiger partial charge in [0, 0.05) is 0 Å². The molecule has 1 aliphatic heterocycles. The third kappa shape index (κ3) is 3.01. The first-order valence-corrected chi connectivity index (χ1v) is 6.04. The van der Waals surface area contributed by atoms with Crippen LogP contribution in [0.3, 0.4) is 0 Å². The number of benzene rings is 1. The Morgan fingerprint density at radius 3 is 2.78 bits per heavy atom. The first-order chi connectivity index (χ1) is 8.47. The lowest BCUT2D eigenvalue weighted by molar-refractivity contribution is -0.146. The van der Waals surface area contributed by atoms with Gasteiger partial charge in [-0.3, -0.25) is 4.79 Å². The number of carboxylic acids is 1. The molecule has 1 aromatic carbocycles. The average Bonchev–Trinajstić information content (AvgIpc) is 2.23. The van der Waals surface area contributed by atoms with E-state index in [9.17, 15) is 4.79 Å². The number of rotatable bonds is 5. The molecule has 0 aromatic heterocycles. The smallest absolute Gasteiger partial charge is 0.309 e. The largest absolute Gasteiger partial charge is 0.486 e. The number of hydrogen-bond donors (Lipinski definition) is 1. The van der Waals surface area contributed by atoms with Crippen molar-refractivity contribution in [3.05, 3.63) is 29.8 Å². The van der Waals surface area contributed by atoms with E-state index < -0.39 is 11.4 Å². The van der Waals surface area contributed by atoms with Gasteiger partial charge in [-0.1, -0.05) is 12.1 Å². The Labute approximate surface area is 107 Å². The number of aliphatic carboxylic acids is 1. The summed E-state index contributed by atoms with van der Waals surface area (Å²) >= 11 is 0. The lowest BCUT2D eigenvalue weighted by Gasteiger charge is -2.27. The second-order valence-electron chi connectivity index (χ2n) is 5.29. The first kappa shape index (κ1) is 12.9. The van der Waals surface area contributed by atoms with Gasteiger partial charge in [0.15, 0.2) is 0 Å². The van der Waals surface area contributed by atoms with Gasteiger partial charge in [-0.2, -0.15) is 0 Å². The summed E-state index contributed by atoms with van der Waals surface area (Å²) in [5.74, 6) is -0.0109. The van der Waals surface area contributed by atoms with Crippen LogP contribution in [0.2, 0.25) is 0 Å². The summed E-state index contributed by atoms with van der Waals surface area (Å²) in [5.41, 5.74) is 0.207. The van der Waals surface area contributed by atoms with Gasteiger partial charge in [0.2, 0.25) is 0 Å². The van der Waals surface area contributed by atoms with Crippen LogP contribution in [0.1, 0.15) is 19.4 Å². The molecule has 1 fully saturated rings. The molecule has 0 radical (unpaired) electrons. The van der Waals surface area contributed by atoms with E-state index in [-0.39, 0.29) is 6.10 Å². The van der Waals surface area contributed by atoms with E-state index >= 15 is 0 Å². The van der Waals surface area contributed by atoms with Crippen LogP contribution in [0.15, 0.2) is 24.3 Å². The molecule has 1 N–H and O–H groups in total. The van der Waals surface area contributed by atoms with Crippen molar-refractivity contribution in [2.24, 2.45) is 5.41 Å². The molecule has 0 bridgehead atoms. The molecular weight excluding hydrogens is 232 g/mol. The summed E-state index contributed by atoms with van der Waals surface area (Å²) in [7, 11) is 0. The minimum Gasteiger partial charge on any atom is -0.486 e. The Bertz CT molecular complexity index is 435. The molecule has 1 aliphatic rings. The van der Waals surface area contributed by atoms with Crippen LogP contribution >= 0.6 is 0 Å². The Morgan fingerprint density at radius 1 is 1.50 bits per heavy atom. The fraction of sp³-hybridized carbons (Fsp3) is 0.500. The van der Waals surface area contributed by atoms with E-state index in [0.717, 1.165) is 11.3 Å². The lowest BCUT2D eigenvalue weighted by atomic mass is 9.86. The molecule has 0 saturated carbocycles. The van der Waals surface area contributed by atoms with Crippen molar-refractivity contribution in [3.8, 4) is 5.75 Å². The second-order valence-corrected chi connectivity index (χ2v) is 5.29. The molecule has 4 nitrogen and oxygen atoms in total. The average molecular weight is 250 g/mol. The fourth-order valence-corrected chi connectivity index (χ4v) is 1.79. The van der Waals surface area contributed by atoms with E-state index in [1.165, 1.54) is 0 Å². The van der Waals surface area contributed by atoms with Crippen molar-refractivity contribution in [3.63, 3.8) is 0 Å². The van der Waals surface area contributed by atoms with Crippen LogP contribution in [-0.2, 0) is 16.0 Å². The Hall–Kier alpha value is -1.55. The van der Waals surface area contributed by atoms with Gasteiger partial charge >= 0.3 is 5.97 Å². The molecule has 18 heavy (non-hydrogen) atoms. The van der Waals surface area contributed by atoms with Crippen LogP contribution in [-0.4, -0.2) is 30.4 Å². The number of carboxylic acid groups (broad SMARTS) is 1. The highest BCUT2D eigenvalue weighted by Gasteiger charge is 2.27. The van der Waals surface area contributed by atoms with Gasteiger partial charge in [0.05, 0.1) is 18.6 Å². The summed E-state index contributed by atoms with van der Waals surface area (Å²) < 4.78 is 10.7. The third-order valence-electron chi connectivity index (χ3n) is 3.03. The minimum absolute atomic E-state index is 0.132. The number of ether oxygens (including phenoxy) is 2. The molecule has 1 heterocycles. The van der Waals surface area contributed by atoms with Crippen molar-refractivity contribution in [1.29, 1.82) is 0 Å². The number of carbonyl (C=O) groups is 1. The summed E-state index contributed by atoms with van der Waals surface area (Å²) in [6, 6.07) is 7.61. The van der Waals surface area contributed by atoms with Crippen molar-refractivity contribution < 1.29 is 19.4 Å². The molecule has 0 spiro atoms. The van der Waals surface area contributed by atoms with Crippen LogP contribution in [0.5, 0.6) is 5.75 Å². The van der Waals surface area contributed by atoms with Crippen LogP contribution < -0.4 is 4.74 Å². The Kier molecular flexibility index (Phi) is 3.57. The van der Waals surface area contributed by atoms with Crippen LogP contribution in [0.25, 0.3) is 0 Å². The highest BCUT2D eigenvalue weighted by molar-refractivity contribution is 5.74. The fourth-order valence-electron chi connectivity index (χ4n) is 1.79. The first-order valence-electron chi connectivity index (χ1n) is 6.04. The Morgan fingerprint density at radius 2 is 2.22 bits per heavy atom. The van der Waals surface area contributed by atoms with Crippen LogP contribution in [0.4, 0.5) is 0 Å². The Balaban J connectivity index is 2.04. The van der Waals surface area contributed by atoms with Gasteiger partial charge in [0.25, 0.3) is 0 Å². The molecule has 1 aromatic rings. The zero-order valence-corrected chi connectivity index (χ0v) is 10.7. The molecule has 0 aliphatic carbocycles. The van der Waals surface area contributed by atoms with Gasteiger partial charge in [-0.15, -0.1) is 0 Å². The van der Waals surface area contributed by atoms with E-state index in [2.05, 4.69) is 0 Å². The summed E-state index contributed by atoms with van der Waals surface area (Å²) in [6.07, 6.45) is 0.619. The molecule has 4 heteroatoms. The summed E-state index contributed by atoms with van der Waals surface area (Å²) in [6.45, 7) is 4.71. The van der Waals surface area contributed by atoms with E-state index in [1.807, 2.05) is 24.3 Å². The highest BCUT2D eigenvalue weighted by atomic mass is 16.6. The summed E-state index contributed by atoms with van der Waals surface area (Å²) in [5, 5.41) is 9.12. The number of hydrogen-bond acceptors (Lipinski definition) is 3. The predicted octanol–water partition coefficient (Wildman–Crippen LogP) is 2.12. The molecule has 0 unspecified atom stereocenters. The van der Waals surface area contributed by atoms with E-state index in [0.29, 0.717) is 19.6 Å². The third-order valence-corrected chi connectivity index (χ3v) is 3.03. The quantitative estimate of drug-likeness (QED) is 0.869. The monoisotopic (exact) mass is 250 g/mol. The van der Waals surface area contributed by atoms with Crippen molar-refractivity contribution >= 4 is 5.97 Å². The maximum atomic E-state index is 11.1. The zero-order valence-electron chi connectivity index (χ0n) is 10.7. The van der Waals surface area contributed by atoms with Crippen molar-refractivity contribution in [1.82, 2.24) is 0 Å². The van der Waals surface area contributed by atoms with Crippen molar-refractivity contribution in [2.75, 3.05) is 13.2 Å². The highest BCUT2D eigenvalue weighted by Crippen LogP contribution is 2.25. The van der Waals surface area contributed by atoms with Crippen molar-refractivity contribution in [2.45, 2.75) is 26.4 Å². The zero-order chi connectivity index (χ0) is 13.2. The maximum absolute atomic E-state index is 11.1. The van der Waals surface area contributed by atoms with Gasteiger partial charge in [0.1, 0.15) is 11.9 Å². The molecule has 0 atom stereocenters. The lowest BCUT2D eigenvalue weighted by Crippen LogP contribution is -2.38.